The SMILES string of the molecule is O=C(NCCC(=O)N1CCc2cc(S(=O)(=O)N3CCCCC3)ccc21)c1ccc(F)cc1F. The van der Waals surface area contributed by atoms with Gasteiger partial charge in [-0.2, -0.15) is 4.31 Å². The van der Waals surface area contributed by atoms with Gasteiger partial charge < -0.3 is 10.2 Å². The summed E-state index contributed by atoms with van der Waals surface area (Å²) in [5.74, 6) is -2.71. The van der Waals surface area contributed by atoms with Crippen molar-refractivity contribution in [1.29, 1.82) is 0 Å². The first-order chi connectivity index (χ1) is 15.8. The summed E-state index contributed by atoms with van der Waals surface area (Å²) in [5, 5.41) is 2.47. The van der Waals surface area contributed by atoms with Crippen molar-refractivity contribution in [3.8, 4) is 0 Å². The van der Waals surface area contributed by atoms with E-state index in [9.17, 15) is 26.8 Å². The molecule has 2 aromatic rings. The highest BCUT2D eigenvalue weighted by molar-refractivity contribution is 7.89. The number of benzene rings is 2. The number of anilines is 1. The molecular weight excluding hydrogens is 452 g/mol. The van der Waals surface area contributed by atoms with Gasteiger partial charge in [0.1, 0.15) is 11.6 Å². The summed E-state index contributed by atoms with van der Waals surface area (Å²) in [6.45, 7) is 1.46. The van der Waals surface area contributed by atoms with Crippen molar-refractivity contribution >= 4 is 27.5 Å². The lowest BCUT2D eigenvalue weighted by Gasteiger charge is -2.26. The molecular formula is C23H25F2N3O4S. The molecule has 0 spiro atoms. The quantitative estimate of drug-likeness (QED) is 0.693. The largest absolute Gasteiger partial charge is 0.351 e. The van der Waals surface area contributed by atoms with E-state index in [1.54, 1.807) is 17.0 Å². The lowest BCUT2D eigenvalue weighted by atomic mass is 10.2. The van der Waals surface area contributed by atoms with Gasteiger partial charge in [0.05, 0.1) is 10.5 Å². The number of carbonyl (C=O) groups excluding carboxylic acids is 2. The van der Waals surface area contributed by atoms with Crippen molar-refractivity contribution in [1.82, 2.24) is 9.62 Å². The van der Waals surface area contributed by atoms with Crippen molar-refractivity contribution in [2.75, 3.05) is 31.1 Å². The van der Waals surface area contributed by atoms with Crippen molar-refractivity contribution in [2.45, 2.75) is 37.0 Å². The molecule has 10 heteroatoms. The lowest BCUT2D eigenvalue weighted by Crippen LogP contribution is -2.35. The van der Waals surface area contributed by atoms with E-state index in [0.717, 1.165) is 37.0 Å². The van der Waals surface area contributed by atoms with Crippen molar-refractivity contribution < 1.29 is 26.8 Å². The van der Waals surface area contributed by atoms with Crippen LogP contribution in [-0.2, 0) is 21.2 Å². The Hall–Kier alpha value is -2.85. The maximum Gasteiger partial charge on any atom is 0.254 e. The summed E-state index contributed by atoms with van der Waals surface area (Å²) in [5.41, 5.74) is 1.16. The summed E-state index contributed by atoms with van der Waals surface area (Å²) in [7, 11) is -3.55. The smallest absolute Gasteiger partial charge is 0.254 e. The molecule has 0 atom stereocenters. The molecule has 1 saturated heterocycles. The minimum absolute atomic E-state index is 0.0121. The number of carbonyl (C=O) groups is 2. The number of hydrogen-bond acceptors (Lipinski definition) is 4. The van der Waals surface area contributed by atoms with Gasteiger partial charge >= 0.3 is 0 Å². The predicted octanol–water partition coefficient (Wildman–Crippen LogP) is 2.85. The first-order valence-electron chi connectivity index (χ1n) is 10.9. The summed E-state index contributed by atoms with van der Waals surface area (Å²) >= 11 is 0. The summed E-state index contributed by atoms with van der Waals surface area (Å²) in [6, 6.07) is 7.50. The van der Waals surface area contributed by atoms with Crippen LogP contribution in [0.4, 0.5) is 14.5 Å². The Morgan fingerprint density at radius 1 is 0.970 bits per heavy atom. The molecule has 1 fully saturated rings. The zero-order chi connectivity index (χ0) is 23.6. The van der Waals surface area contributed by atoms with Crippen molar-refractivity contribution in [2.24, 2.45) is 0 Å². The van der Waals surface area contributed by atoms with E-state index in [-0.39, 0.29) is 29.3 Å². The predicted molar refractivity (Wildman–Crippen MR) is 118 cm³/mol. The Balaban J connectivity index is 1.37. The molecule has 0 aromatic heterocycles. The van der Waals surface area contributed by atoms with Crippen LogP contribution in [0.3, 0.4) is 0 Å². The molecule has 0 radical (unpaired) electrons. The Bertz CT molecular complexity index is 1180. The van der Waals surface area contributed by atoms with Crippen LogP contribution in [0, 0.1) is 11.6 Å². The highest BCUT2D eigenvalue weighted by atomic mass is 32.2. The number of nitrogens with zero attached hydrogens (tertiary/aromatic N) is 2. The van der Waals surface area contributed by atoms with Gasteiger partial charge in [0.15, 0.2) is 0 Å². The second-order valence-corrected chi connectivity index (χ2v) is 10.1. The second-order valence-electron chi connectivity index (χ2n) is 8.18. The average molecular weight is 478 g/mol. The number of sulfonamides is 1. The van der Waals surface area contributed by atoms with E-state index in [1.807, 2.05) is 0 Å². The average Bonchev–Trinajstić information content (AvgIpc) is 3.23. The molecule has 33 heavy (non-hydrogen) atoms. The van der Waals surface area contributed by atoms with E-state index >= 15 is 0 Å². The fourth-order valence-corrected chi connectivity index (χ4v) is 5.81. The minimum Gasteiger partial charge on any atom is -0.351 e. The molecule has 0 unspecified atom stereocenters. The number of fused-ring (bicyclic) bond motifs is 1. The third-order valence-corrected chi connectivity index (χ3v) is 7.90. The molecule has 2 heterocycles. The van der Waals surface area contributed by atoms with Crippen LogP contribution in [0.5, 0.6) is 0 Å². The highest BCUT2D eigenvalue weighted by Crippen LogP contribution is 2.32. The van der Waals surface area contributed by atoms with E-state index in [4.69, 9.17) is 0 Å². The standard InChI is InChI=1S/C23H25F2N3O4S/c24-17-4-6-19(20(25)15-17)23(30)26-10-8-22(29)28-13-9-16-14-18(5-7-21(16)28)33(31,32)27-11-2-1-3-12-27/h4-7,14-15H,1-3,8-13H2,(H,26,30). The Morgan fingerprint density at radius 2 is 1.73 bits per heavy atom. The molecule has 176 valence electrons. The normalized spacial score (nSPS) is 16.5. The Morgan fingerprint density at radius 3 is 2.45 bits per heavy atom. The molecule has 0 bridgehead atoms. The number of halogens is 2. The number of rotatable bonds is 6. The Kier molecular flexibility index (Phi) is 6.76. The first kappa shape index (κ1) is 23.3. The topological polar surface area (TPSA) is 86.8 Å². The van der Waals surface area contributed by atoms with Crippen molar-refractivity contribution in [3.05, 3.63) is 59.2 Å². The van der Waals surface area contributed by atoms with Gasteiger partial charge in [0.25, 0.3) is 5.91 Å². The van der Waals surface area contributed by atoms with Crippen LogP contribution in [0.15, 0.2) is 41.3 Å². The Labute approximate surface area is 191 Å². The van der Waals surface area contributed by atoms with E-state index in [0.29, 0.717) is 37.8 Å². The number of hydrogen-bond donors (Lipinski definition) is 1. The summed E-state index contributed by atoms with van der Waals surface area (Å²) in [4.78, 5) is 26.6. The minimum atomic E-state index is -3.55. The molecule has 7 nitrogen and oxygen atoms in total. The van der Waals surface area contributed by atoms with Crippen LogP contribution in [0.25, 0.3) is 0 Å². The van der Waals surface area contributed by atoms with Crippen LogP contribution < -0.4 is 10.2 Å². The van der Waals surface area contributed by atoms with E-state index < -0.39 is 27.6 Å². The van der Waals surface area contributed by atoms with Gasteiger partial charge in [-0.3, -0.25) is 9.59 Å². The third-order valence-electron chi connectivity index (χ3n) is 6.00. The van der Waals surface area contributed by atoms with Crippen LogP contribution >= 0.6 is 0 Å². The molecule has 2 aromatic carbocycles. The van der Waals surface area contributed by atoms with Gasteiger partial charge in [0, 0.05) is 44.4 Å². The number of piperidine rings is 1. The van der Waals surface area contributed by atoms with Crippen molar-refractivity contribution in [3.63, 3.8) is 0 Å². The molecule has 4 rings (SSSR count). The van der Waals surface area contributed by atoms with Crippen LogP contribution in [-0.4, -0.2) is 50.7 Å². The lowest BCUT2D eigenvalue weighted by molar-refractivity contribution is -0.118. The van der Waals surface area contributed by atoms with Gasteiger partial charge in [0.2, 0.25) is 15.9 Å². The van der Waals surface area contributed by atoms with Gasteiger partial charge in [-0.1, -0.05) is 6.42 Å². The van der Waals surface area contributed by atoms with Gasteiger partial charge in [-0.15, -0.1) is 0 Å². The van der Waals surface area contributed by atoms with E-state index in [1.165, 1.54) is 10.4 Å². The number of nitrogens with one attached hydrogen (secondary N) is 1. The molecule has 2 amide bonds. The zero-order valence-corrected chi connectivity index (χ0v) is 18.8. The fraction of sp³-hybridized carbons (Fsp3) is 0.391. The third kappa shape index (κ3) is 4.91. The molecule has 0 aliphatic carbocycles. The molecule has 1 N–H and O–H groups in total. The number of amides is 2. The molecule has 2 aliphatic rings. The van der Waals surface area contributed by atoms with Crippen LogP contribution in [0.2, 0.25) is 0 Å². The first-order valence-corrected chi connectivity index (χ1v) is 12.4. The zero-order valence-electron chi connectivity index (χ0n) is 18.0. The summed E-state index contributed by atoms with van der Waals surface area (Å²) in [6.07, 6.45) is 3.28. The summed E-state index contributed by atoms with van der Waals surface area (Å²) < 4.78 is 54.1. The fourth-order valence-electron chi connectivity index (χ4n) is 4.24. The van der Waals surface area contributed by atoms with Crippen LogP contribution in [0.1, 0.15) is 41.6 Å². The maximum absolute atomic E-state index is 13.7. The molecule has 2 aliphatic heterocycles. The van der Waals surface area contributed by atoms with E-state index in [2.05, 4.69) is 5.32 Å². The maximum atomic E-state index is 13.7. The monoisotopic (exact) mass is 477 g/mol. The van der Waals surface area contributed by atoms with Gasteiger partial charge in [-0.05, 0) is 55.2 Å². The van der Waals surface area contributed by atoms with Gasteiger partial charge in [-0.25, -0.2) is 17.2 Å². The highest BCUT2D eigenvalue weighted by Gasteiger charge is 2.30. The molecule has 0 saturated carbocycles. The second kappa shape index (κ2) is 9.56.